The molecule has 1 unspecified atom stereocenters. The van der Waals surface area contributed by atoms with E-state index in [0.29, 0.717) is 11.7 Å². The van der Waals surface area contributed by atoms with Crippen LogP contribution in [0, 0.1) is 0 Å². The molecule has 0 radical (unpaired) electrons. The molecule has 3 aliphatic rings. The van der Waals surface area contributed by atoms with Crippen molar-refractivity contribution in [3.8, 4) is 0 Å². The van der Waals surface area contributed by atoms with E-state index in [2.05, 4.69) is 15.6 Å². The predicted octanol–water partition coefficient (Wildman–Crippen LogP) is 2.84. The lowest BCUT2D eigenvalue weighted by Crippen LogP contribution is -2.47. The molecule has 6 nitrogen and oxygen atoms in total. The maximum atomic E-state index is 12.5. The Balaban J connectivity index is 1.46. The molecule has 2 N–H and O–H groups in total. The molecule has 2 aliphatic carbocycles. The second-order valence-corrected chi connectivity index (χ2v) is 9.93. The molecule has 1 aliphatic heterocycles. The van der Waals surface area contributed by atoms with Gasteiger partial charge in [0.25, 0.3) is 0 Å². The summed E-state index contributed by atoms with van der Waals surface area (Å²) in [5, 5.41) is 6.81. The number of anilines is 1. The van der Waals surface area contributed by atoms with Gasteiger partial charge in [-0.05, 0) is 49.5 Å². The van der Waals surface area contributed by atoms with Gasteiger partial charge in [-0.25, -0.2) is 8.42 Å². The summed E-state index contributed by atoms with van der Waals surface area (Å²) in [7, 11) is -1.60. The maximum Gasteiger partial charge on any atom is 0.237 e. The van der Waals surface area contributed by atoms with E-state index in [0.717, 1.165) is 24.1 Å². The van der Waals surface area contributed by atoms with Crippen LogP contribution in [0.5, 0.6) is 0 Å². The summed E-state index contributed by atoms with van der Waals surface area (Å²) in [4.78, 5) is 4.50. The molecule has 0 spiro atoms. The number of hydrogen-bond acceptors (Lipinski definition) is 5. The van der Waals surface area contributed by atoms with Gasteiger partial charge >= 0.3 is 0 Å². The van der Waals surface area contributed by atoms with E-state index in [1.807, 2.05) is 36.6 Å². The normalized spacial score (nSPS) is 23.6. The molecule has 146 valence electrons. The molecular formula is C20H28N4O2S. The number of allylic oxidation sites excluding steroid dienone is 1. The summed E-state index contributed by atoms with van der Waals surface area (Å²) < 4.78 is 26.5. The van der Waals surface area contributed by atoms with Gasteiger partial charge < -0.3 is 5.32 Å². The summed E-state index contributed by atoms with van der Waals surface area (Å²) in [6.45, 7) is 0. The highest BCUT2D eigenvalue weighted by Crippen LogP contribution is 2.33. The summed E-state index contributed by atoms with van der Waals surface area (Å²) in [5.74, 6) is 0. The zero-order valence-electron chi connectivity index (χ0n) is 15.8. The Morgan fingerprint density at radius 3 is 2.67 bits per heavy atom. The molecule has 2 fully saturated rings. The third kappa shape index (κ3) is 4.19. The lowest BCUT2D eigenvalue weighted by Gasteiger charge is -2.29. The van der Waals surface area contributed by atoms with Gasteiger partial charge in [0.15, 0.2) is 6.29 Å². The second kappa shape index (κ2) is 7.64. The molecule has 1 aromatic rings. The van der Waals surface area contributed by atoms with Crippen LogP contribution in [0.2, 0.25) is 0 Å². The number of benzene rings is 1. The maximum absolute atomic E-state index is 12.5. The molecule has 0 amide bonds. The topological polar surface area (TPSA) is 73.8 Å². The highest BCUT2D eigenvalue weighted by molar-refractivity contribution is 7.93. The molecule has 0 saturated heterocycles. The number of hydrogen-bond donors (Lipinski definition) is 2. The molecule has 1 atom stereocenters. The number of aliphatic imine (C=N–C) groups is 1. The van der Waals surface area contributed by atoms with E-state index in [9.17, 15) is 8.42 Å². The van der Waals surface area contributed by atoms with Crippen molar-refractivity contribution in [2.45, 2.75) is 62.5 Å². The van der Waals surface area contributed by atoms with Crippen LogP contribution < -0.4 is 14.9 Å². The zero-order chi connectivity index (χ0) is 18.9. The lowest BCUT2D eigenvalue weighted by atomic mass is 9.95. The predicted molar refractivity (Wildman–Crippen MR) is 110 cm³/mol. The van der Waals surface area contributed by atoms with E-state index in [1.165, 1.54) is 36.4 Å². The van der Waals surface area contributed by atoms with Gasteiger partial charge in [0.1, 0.15) is 0 Å². The SMILES string of the molecule is CN(c1cccc(C2=CC=NC(NC3CCCCC3)N2)c1)S(=O)(=O)C1CC1. The van der Waals surface area contributed by atoms with Crippen LogP contribution in [-0.2, 0) is 10.0 Å². The number of nitrogens with zero attached hydrogens (tertiary/aromatic N) is 2. The Morgan fingerprint density at radius 1 is 1.15 bits per heavy atom. The zero-order valence-corrected chi connectivity index (χ0v) is 16.6. The van der Waals surface area contributed by atoms with Crippen molar-refractivity contribution in [1.82, 2.24) is 10.6 Å². The van der Waals surface area contributed by atoms with Gasteiger partial charge in [-0.15, -0.1) is 0 Å². The van der Waals surface area contributed by atoms with Gasteiger partial charge in [0.05, 0.1) is 10.9 Å². The minimum Gasteiger partial charge on any atom is -0.351 e. The van der Waals surface area contributed by atoms with E-state index in [4.69, 9.17) is 0 Å². The Hall–Kier alpha value is -1.86. The van der Waals surface area contributed by atoms with Crippen molar-refractivity contribution in [2.24, 2.45) is 4.99 Å². The van der Waals surface area contributed by atoms with Crippen molar-refractivity contribution in [3.63, 3.8) is 0 Å². The molecule has 0 bridgehead atoms. The van der Waals surface area contributed by atoms with Crippen molar-refractivity contribution in [2.75, 3.05) is 11.4 Å². The average Bonchev–Trinajstić information content (AvgIpc) is 3.54. The summed E-state index contributed by atoms with van der Waals surface area (Å²) in [6.07, 6.45) is 11.4. The van der Waals surface area contributed by atoms with Crippen LogP contribution in [0.25, 0.3) is 5.70 Å². The molecule has 4 rings (SSSR count). The molecule has 7 heteroatoms. The van der Waals surface area contributed by atoms with Crippen molar-refractivity contribution in [3.05, 3.63) is 35.9 Å². The summed E-state index contributed by atoms with van der Waals surface area (Å²) in [5.41, 5.74) is 2.62. The first-order valence-electron chi connectivity index (χ1n) is 9.88. The van der Waals surface area contributed by atoms with E-state index in [1.54, 1.807) is 7.05 Å². The van der Waals surface area contributed by atoms with Crippen LogP contribution in [0.15, 0.2) is 35.3 Å². The lowest BCUT2D eigenvalue weighted by molar-refractivity contribution is 0.328. The second-order valence-electron chi connectivity index (χ2n) is 7.69. The quantitative estimate of drug-likeness (QED) is 0.786. The Bertz CT molecular complexity index is 839. The Morgan fingerprint density at radius 2 is 1.93 bits per heavy atom. The fourth-order valence-electron chi connectivity index (χ4n) is 3.80. The summed E-state index contributed by atoms with van der Waals surface area (Å²) in [6, 6.07) is 8.18. The van der Waals surface area contributed by atoms with Gasteiger partial charge in [-0.2, -0.15) is 0 Å². The van der Waals surface area contributed by atoms with Crippen molar-refractivity contribution >= 4 is 27.6 Å². The number of rotatable bonds is 6. The molecule has 1 heterocycles. The smallest absolute Gasteiger partial charge is 0.237 e. The van der Waals surface area contributed by atoms with Crippen LogP contribution in [0.4, 0.5) is 5.69 Å². The monoisotopic (exact) mass is 388 g/mol. The van der Waals surface area contributed by atoms with Gasteiger partial charge in [0, 0.05) is 25.0 Å². The third-order valence-corrected chi connectivity index (χ3v) is 7.90. The van der Waals surface area contributed by atoms with Gasteiger partial charge in [-0.3, -0.25) is 14.6 Å². The molecule has 2 saturated carbocycles. The van der Waals surface area contributed by atoms with Gasteiger partial charge in [-0.1, -0.05) is 31.4 Å². The minimum atomic E-state index is -3.24. The molecule has 27 heavy (non-hydrogen) atoms. The Labute approximate surface area is 161 Å². The first kappa shape index (κ1) is 18.5. The van der Waals surface area contributed by atoms with E-state index >= 15 is 0 Å². The highest BCUT2D eigenvalue weighted by atomic mass is 32.2. The van der Waals surface area contributed by atoms with Crippen LogP contribution in [-0.4, -0.2) is 39.3 Å². The standard InChI is InChI=1S/C20H28N4O2S/c1-24(27(25,26)18-10-11-18)17-9-5-6-15(14-17)19-12-13-21-20(23-19)22-16-7-3-2-4-8-16/h5-6,9,12-14,16,18,20,22-23H,2-4,7-8,10-11H2,1H3. The Kier molecular flexibility index (Phi) is 5.23. The summed E-state index contributed by atoms with van der Waals surface area (Å²) >= 11 is 0. The van der Waals surface area contributed by atoms with Crippen molar-refractivity contribution in [1.29, 1.82) is 0 Å². The van der Waals surface area contributed by atoms with E-state index in [-0.39, 0.29) is 11.5 Å². The first-order valence-corrected chi connectivity index (χ1v) is 11.4. The molecule has 1 aromatic carbocycles. The average molecular weight is 389 g/mol. The number of sulfonamides is 1. The van der Waals surface area contributed by atoms with Crippen molar-refractivity contribution < 1.29 is 8.42 Å². The van der Waals surface area contributed by atoms with Crippen LogP contribution in [0.3, 0.4) is 0 Å². The minimum absolute atomic E-state index is 0.135. The number of nitrogens with one attached hydrogen (secondary N) is 2. The highest BCUT2D eigenvalue weighted by Gasteiger charge is 2.38. The van der Waals surface area contributed by atoms with E-state index < -0.39 is 10.0 Å². The third-order valence-electron chi connectivity index (χ3n) is 5.62. The molecular weight excluding hydrogens is 360 g/mol. The first-order chi connectivity index (χ1) is 13.0. The largest absolute Gasteiger partial charge is 0.351 e. The fourth-order valence-corrected chi connectivity index (χ4v) is 5.39. The fraction of sp³-hybridized carbons (Fsp3) is 0.550. The van der Waals surface area contributed by atoms with Crippen LogP contribution >= 0.6 is 0 Å². The van der Waals surface area contributed by atoms with Crippen LogP contribution in [0.1, 0.15) is 50.5 Å². The molecule has 0 aromatic heterocycles. The van der Waals surface area contributed by atoms with Gasteiger partial charge in [0.2, 0.25) is 10.0 Å².